The van der Waals surface area contributed by atoms with E-state index in [2.05, 4.69) is 61.8 Å². The van der Waals surface area contributed by atoms with Gasteiger partial charge in [0.1, 0.15) is 5.75 Å². The van der Waals surface area contributed by atoms with Crippen LogP contribution >= 0.6 is 11.6 Å². The maximum absolute atomic E-state index is 13.2. The molecule has 0 bridgehead atoms. The molecule has 0 aliphatic rings. The average Bonchev–Trinajstić information content (AvgIpc) is 3.13. The van der Waals surface area contributed by atoms with Crippen LogP contribution in [0, 0.1) is 6.92 Å². The molecular weight excluding hydrogens is 524 g/mol. The van der Waals surface area contributed by atoms with Crippen molar-refractivity contribution in [3.05, 3.63) is 99.2 Å². The molecule has 7 heteroatoms. The second-order valence-electron chi connectivity index (χ2n) is 11.5. The number of carboxylic acids is 1. The van der Waals surface area contributed by atoms with Crippen molar-refractivity contribution < 1.29 is 19.4 Å². The molecule has 0 aliphatic heterocycles. The molecule has 0 saturated carbocycles. The van der Waals surface area contributed by atoms with Crippen LogP contribution in [0.1, 0.15) is 79.0 Å². The third kappa shape index (κ3) is 6.18. The van der Waals surface area contributed by atoms with Crippen molar-refractivity contribution in [1.82, 2.24) is 9.88 Å². The van der Waals surface area contributed by atoms with Gasteiger partial charge in [0.05, 0.1) is 6.04 Å². The van der Waals surface area contributed by atoms with Crippen LogP contribution < -0.4 is 10.1 Å². The van der Waals surface area contributed by atoms with Crippen molar-refractivity contribution in [3.63, 3.8) is 0 Å². The van der Waals surface area contributed by atoms with Crippen LogP contribution in [-0.4, -0.2) is 27.7 Å². The van der Waals surface area contributed by atoms with Crippen molar-refractivity contribution in [1.29, 1.82) is 0 Å². The fraction of sp³-hybridized carbons (Fsp3) is 0.333. The minimum Gasteiger partial charge on any atom is -0.479 e. The fourth-order valence-corrected chi connectivity index (χ4v) is 5.07. The number of rotatable bonds is 8. The molecule has 0 spiro atoms. The van der Waals surface area contributed by atoms with Gasteiger partial charge in [0, 0.05) is 40.7 Å². The maximum Gasteiger partial charge on any atom is 0.344 e. The van der Waals surface area contributed by atoms with E-state index in [9.17, 15) is 9.59 Å². The van der Waals surface area contributed by atoms with Gasteiger partial charge in [0.15, 0.2) is 6.10 Å². The number of aromatic nitrogens is 1. The lowest BCUT2D eigenvalue weighted by Crippen LogP contribution is -2.26. The molecule has 1 heterocycles. The summed E-state index contributed by atoms with van der Waals surface area (Å²) in [6, 6.07) is 19.3. The van der Waals surface area contributed by atoms with E-state index < -0.39 is 12.1 Å². The van der Waals surface area contributed by atoms with Crippen LogP contribution in [0.4, 0.5) is 0 Å². The zero-order valence-corrected chi connectivity index (χ0v) is 24.9. The number of fused-ring (bicyclic) bond motifs is 1. The van der Waals surface area contributed by atoms with Crippen molar-refractivity contribution >= 4 is 34.4 Å². The molecule has 2 N–H and O–H groups in total. The summed E-state index contributed by atoms with van der Waals surface area (Å²) in [7, 11) is 1.99. The second kappa shape index (κ2) is 11.4. The number of benzene rings is 3. The summed E-state index contributed by atoms with van der Waals surface area (Å²) in [6.45, 7) is 12.1. The molecule has 0 unspecified atom stereocenters. The van der Waals surface area contributed by atoms with E-state index in [0.29, 0.717) is 22.8 Å². The molecule has 4 rings (SSSR count). The molecule has 40 heavy (non-hydrogen) atoms. The molecule has 0 aliphatic carbocycles. The summed E-state index contributed by atoms with van der Waals surface area (Å²) >= 11 is 6.56. The Bertz CT molecular complexity index is 1560. The van der Waals surface area contributed by atoms with Gasteiger partial charge < -0.3 is 19.7 Å². The Morgan fingerprint density at radius 2 is 1.70 bits per heavy atom. The standard InChI is InChI=1S/C33H37ClN2O4/c1-19(22-8-12-25(13-9-22)33(4,5)6)35-31(37)24-11-15-27-28(20(2)36(7)30(27)17-24)16-23-10-14-26(18-29(23)34)40-21(3)32(38)39/h8-15,17-19,21H,16H2,1-7H3,(H,35,37)(H,38,39)/t19-,21+/m0/s1. The molecule has 1 amide bonds. The molecule has 0 fully saturated rings. The van der Waals surface area contributed by atoms with Gasteiger partial charge in [0.25, 0.3) is 5.91 Å². The number of hydrogen-bond acceptors (Lipinski definition) is 3. The van der Waals surface area contributed by atoms with E-state index in [4.69, 9.17) is 21.4 Å². The molecule has 3 aromatic carbocycles. The zero-order chi connectivity index (χ0) is 29.4. The van der Waals surface area contributed by atoms with Gasteiger partial charge in [0.2, 0.25) is 0 Å². The summed E-state index contributed by atoms with van der Waals surface area (Å²) < 4.78 is 7.54. The monoisotopic (exact) mass is 560 g/mol. The molecule has 0 saturated heterocycles. The number of carbonyl (C=O) groups excluding carboxylic acids is 1. The third-order valence-electron chi connectivity index (χ3n) is 7.56. The smallest absolute Gasteiger partial charge is 0.344 e. The highest BCUT2D eigenvalue weighted by Gasteiger charge is 2.19. The molecule has 1 aromatic heterocycles. The maximum atomic E-state index is 13.2. The summed E-state index contributed by atoms with van der Waals surface area (Å²) in [5.41, 5.74) is 7.07. The number of nitrogens with one attached hydrogen (secondary N) is 1. The highest BCUT2D eigenvalue weighted by Crippen LogP contribution is 2.32. The molecule has 2 atom stereocenters. The Morgan fingerprint density at radius 1 is 1.02 bits per heavy atom. The first-order valence-corrected chi connectivity index (χ1v) is 13.8. The number of ether oxygens (including phenoxy) is 1. The van der Waals surface area contributed by atoms with E-state index >= 15 is 0 Å². The van der Waals surface area contributed by atoms with E-state index in [1.807, 2.05) is 38.2 Å². The van der Waals surface area contributed by atoms with Crippen molar-refractivity contribution in [3.8, 4) is 5.75 Å². The first kappa shape index (κ1) is 29.2. The van der Waals surface area contributed by atoms with E-state index in [-0.39, 0.29) is 17.4 Å². The van der Waals surface area contributed by atoms with Gasteiger partial charge in [-0.15, -0.1) is 0 Å². The Kier molecular flexibility index (Phi) is 8.31. The van der Waals surface area contributed by atoms with Crippen LogP contribution in [0.3, 0.4) is 0 Å². The van der Waals surface area contributed by atoms with Crippen LogP contribution in [0.2, 0.25) is 5.02 Å². The number of amides is 1. The van der Waals surface area contributed by atoms with Crippen LogP contribution in [-0.2, 0) is 23.7 Å². The van der Waals surface area contributed by atoms with Gasteiger partial charge in [-0.05, 0) is 72.7 Å². The van der Waals surface area contributed by atoms with E-state index in [1.54, 1.807) is 12.1 Å². The minimum absolute atomic E-state index is 0.0797. The van der Waals surface area contributed by atoms with Crippen molar-refractivity contribution in [2.24, 2.45) is 7.05 Å². The minimum atomic E-state index is -1.04. The zero-order valence-electron chi connectivity index (χ0n) is 24.1. The Balaban J connectivity index is 1.54. The number of hydrogen-bond donors (Lipinski definition) is 2. The normalized spacial score (nSPS) is 13.2. The van der Waals surface area contributed by atoms with Gasteiger partial charge in [-0.2, -0.15) is 0 Å². The summed E-state index contributed by atoms with van der Waals surface area (Å²) in [5, 5.41) is 13.8. The lowest BCUT2D eigenvalue weighted by molar-refractivity contribution is -0.144. The number of aryl methyl sites for hydroxylation is 1. The quantitative estimate of drug-likeness (QED) is 0.236. The third-order valence-corrected chi connectivity index (χ3v) is 7.91. The van der Waals surface area contributed by atoms with Gasteiger partial charge in [-0.3, -0.25) is 4.79 Å². The Labute approximate surface area is 240 Å². The summed E-state index contributed by atoms with van der Waals surface area (Å²) in [6.07, 6.45) is -0.380. The first-order valence-electron chi connectivity index (χ1n) is 13.4. The van der Waals surface area contributed by atoms with Gasteiger partial charge >= 0.3 is 5.97 Å². The largest absolute Gasteiger partial charge is 0.479 e. The number of carboxylic acid groups (broad SMARTS) is 1. The molecule has 0 radical (unpaired) electrons. The Hall–Kier alpha value is -3.77. The number of aliphatic carboxylic acids is 1. The summed E-state index contributed by atoms with van der Waals surface area (Å²) in [5.74, 6) is -0.749. The highest BCUT2D eigenvalue weighted by molar-refractivity contribution is 6.31. The average molecular weight is 561 g/mol. The SMILES string of the molecule is Cc1c(Cc2ccc(O[C@H](C)C(=O)O)cc2Cl)c2ccc(C(=O)N[C@@H](C)c3ccc(C(C)(C)C)cc3)cc2n1C. The summed E-state index contributed by atoms with van der Waals surface area (Å²) in [4.78, 5) is 24.3. The molecule has 210 valence electrons. The van der Waals surface area contributed by atoms with Crippen molar-refractivity contribution in [2.45, 2.75) is 65.5 Å². The Morgan fingerprint density at radius 3 is 2.30 bits per heavy atom. The van der Waals surface area contributed by atoms with Gasteiger partial charge in [-0.25, -0.2) is 4.79 Å². The van der Waals surface area contributed by atoms with Crippen LogP contribution in [0.15, 0.2) is 60.7 Å². The molecule has 4 aromatic rings. The predicted octanol–water partition coefficient (Wildman–Crippen LogP) is 7.37. The van der Waals surface area contributed by atoms with Crippen molar-refractivity contribution in [2.75, 3.05) is 0 Å². The number of halogens is 1. The first-order chi connectivity index (χ1) is 18.8. The highest BCUT2D eigenvalue weighted by atomic mass is 35.5. The lowest BCUT2D eigenvalue weighted by Gasteiger charge is -2.20. The topological polar surface area (TPSA) is 80.6 Å². The second-order valence-corrected chi connectivity index (χ2v) is 11.9. The molecular formula is C33H37ClN2O4. The number of carbonyl (C=O) groups is 2. The predicted molar refractivity (Wildman–Crippen MR) is 161 cm³/mol. The van der Waals surface area contributed by atoms with E-state index in [0.717, 1.165) is 33.3 Å². The van der Waals surface area contributed by atoms with Crippen LogP contribution in [0.5, 0.6) is 5.75 Å². The van der Waals surface area contributed by atoms with Crippen LogP contribution in [0.25, 0.3) is 10.9 Å². The van der Waals surface area contributed by atoms with E-state index in [1.165, 1.54) is 12.5 Å². The van der Waals surface area contributed by atoms with Gasteiger partial charge in [-0.1, -0.05) is 68.8 Å². The molecule has 6 nitrogen and oxygen atoms in total. The fourth-order valence-electron chi connectivity index (χ4n) is 4.83. The number of nitrogens with zero attached hydrogens (tertiary/aromatic N) is 1. The lowest BCUT2D eigenvalue weighted by atomic mass is 9.86.